The number of halogens is 1. The van der Waals surface area contributed by atoms with Gasteiger partial charge in [0.05, 0.1) is 22.5 Å². The number of ether oxygens (including phenoxy) is 1. The molecule has 0 radical (unpaired) electrons. The van der Waals surface area contributed by atoms with Crippen LogP contribution in [0.1, 0.15) is 5.56 Å². The molecule has 0 spiro atoms. The molecule has 0 bridgehead atoms. The lowest BCUT2D eigenvalue weighted by molar-refractivity contribution is 0.409. The average molecular weight is 377 g/mol. The normalized spacial score (nSPS) is 11.6. The highest BCUT2D eigenvalue weighted by Crippen LogP contribution is 2.27. The van der Waals surface area contributed by atoms with E-state index in [1.807, 2.05) is 24.3 Å². The molecule has 0 amide bonds. The molecule has 1 N–H and O–H groups in total. The molecule has 2 aromatic carbocycles. The molecule has 25 heavy (non-hydrogen) atoms. The number of nitrogens with zero attached hydrogens (tertiary/aromatic N) is 1. The molecule has 0 unspecified atom stereocenters. The Kier molecular flexibility index (Phi) is 5.22. The standard InChI is InChI=1S/C18H17ClN2O3S/c1-24-16-7-3-2-5-13(16)10-12-21-25(22,23)17-9-8-15(19)18-14(17)6-4-11-20-18/h2-9,11,21H,10,12H2,1H3. The number of sulfonamides is 1. The van der Waals surface area contributed by atoms with Crippen molar-refractivity contribution in [2.24, 2.45) is 0 Å². The van der Waals surface area contributed by atoms with Crippen LogP contribution in [0.4, 0.5) is 0 Å². The number of nitrogens with one attached hydrogen (secondary N) is 1. The Bertz CT molecular complexity index is 1010. The summed E-state index contributed by atoms with van der Waals surface area (Å²) in [5, 5.41) is 0.920. The van der Waals surface area contributed by atoms with Crippen LogP contribution < -0.4 is 9.46 Å². The number of pyridine rings is 1. The minimum atomic E-state index is -3.68. The Labute approximate surface area is 151 Å². The van der Waals surface area contributed by atoms with Gasteiger partial charge in [0.25, 0.3) is 0 Å². The zero-order chi connectivity index (χ0) is 17.9. The predicted molar refractivity (Wildman–Crippen MR) is 98.6 cm³/mol. The van der Waals surface area contributed by atoms with Crippen molar-refractivity contribution in [1.29, 1.82) is 0 Å². The summed E-state index contributed by atoms with van der Waals surface area (Å²) in [5.41, 5.74) is 1.41. The lowest BCUT2D eigenvalue weighted by atomic mass is 10.1. The van der Waals surface area contributed by atoms with Crippen molar-refractivity contribution in [2.75, 3.05) is 13.7 Å². The first-order valence-electron chi connectivity index (χ1n) is 7.68. The number of fused-ring (bicyclic) bond motifs is 1. The lowest BCUT2D eigenvalue weighted by Gasteiger charge is -2.11. The van der Waals surface area contributed by atoms with Crippen molar-refractivity contribution >= 4 is 32.5 Å². The Balaban J connectivity index is 1.82. The van der Waals surface area contributed by atoms with Crippen LogP contribution in [-0.2, 0) is 16.4 Å². The van der Waals surface area contributed by atoms with Crippen LogP contribution >= 0.6 is 11.6 Å². The third kappa shape index (κ3) is 3.76. The molecule has 0 aliphatic heterocycles. The third-order valence-corrected chi connectivity index (χ3v) is 5.67. The summed E-state index contributed by atoms with van der Waals surface area (Å²) in [6, 6.07) is 14.0. The molecule has 0 saturated carbocycles. The highest BCUT2D eigenvalue weighted by molar-refractivity contribution is 7.89. The molecule has 0 aliphatic carbocycles. The first-order chi connectivity index (χ1) is 12.0. The summed E-state index contributed by atoms with van der Waals surface area (Å²) in [6.07, 6.45) is 2.10. The van der Waals surface area contributed by atoms with E-state index in [0.717, 1.165) is 11.3 Å². The molecule has 0 aliphatic rings. The smallest absolute Gasteiger partial charge is 0.241 e. The number of rotatable bonds is 6. The molecule has 1 aromatic heterocycles. The van der Waals surface area contributed by atoms with Gasteiger partial charge in [-0.3, -0.25) is 4.98 Å². The van der Waals surface area contributed by atoms with Crippen LogP contribution in [0.5, 0.6) is 5.75 Å². The van der Waals surface area contributed by atoms with Crippen molar-refractivity contribution in [3.05, 3.63) is 65.3 Å². The number of methoxy groups -OCH3 is 1. The number of aromatic nitrogens is 1. The van der Waals surface area contributed by atoms with Gasteiger partial charge in [0, 0.05) is 18.1 Å². The SMILES string of the molecule is COc1ccccc1CCNS(=O)(=O)c1ccc(Cl)c2ncccc12. The van der Waals surface area contributed by atoms with Crippen LogP contribution in [0, 0.1) is 0 Å². The van der Waals surface area contributed by atoms with Gasteiger partial charge in [-0.15, -0.1) is 0 Å². The van der Waals surface area contributed by atoms with E-state index in [1.54, 1.807) is 31.5 Å². The summed E-state index contributed by atoms with van der Waals surface area (Å²) in [7, 11) is -2.09. The second-order valence-corrected chi connectivity index (χ2v) is 7.55. The molecule has 3 rings (SSSR count). The van der Waals surface area contributed by atoms with Crippen LogP contribution in [0.15, 0.2) is 59.6 Å². The molecule has 7 heteroatoms. The second kappa shape index (κ2) is 7.39. The zero-order valence-electron chi connectivity index (χ0n) is 13.6. The Morgan fingerprint density at radius 3 is 2.72 bits per heavy atom. The molecule has 5 nitrogen and oxygen atoms in total. The molecular formula is C18H17ClN2O3S. The summed E-state index contributed by atoms with van der Waals surface area (Å²) in [6.45, 7) is 0.257. The summed E-state index contributed by atoms with van der Waals surface area (Å²) in [4.78, 5) is 4.33. The molecule has 0 atom stereocenters. The largest absolute Gasteiger partial charge is 0.496 e. The Hall–Kier alpha value is -2.15. The van der Waals surface area contributed by atoms with E-state index in [0.29, 0.717) is 22.3 Å². The first kappa shape index (κ1) is 17.7. The van der Waals surface area contributed by atoms with Gasteiger partial charge in [-0.25, -0.2) is 13.1 Å². The Morgan fingerprint density at radius 1 is 1.12 bits per heavy atom. The fourth-order valence-corrected chi connectivity index (χ4v) is 4.09. The Morgan fingerprint density at radius 2 is 1.92 bits per heavy atom. The highest BCUT2D eigenvalue weighted by atomic mass is 35.5. The average Bonchev–Trinajstić information content (AvgIpc) is 2.62. The van der Waals surface area contributed by atoms with Crippen molar-refractivity contribution < 1.29 is 13.2 Å². The van der Waals surface area contributed by atoms with Crippen molar-refractivity contribution in [2.45, 2.75) is 11.3 Å². The fraction of sp³-hybridized carbons (Fsp3) is 0.167. The maximum Gasteiger partial charge on any atom is 0.241 e. The van der Waals surface area contributed by atoms with Gasteiger partial charge in [-0.05, 0) is 42.3 Å². The molecule has 0 saturated heterocycles. The molecule has 0 fully saturated rings. The summed E-state index contributed by atoms with van der Waals surface area (Å²) < 4.78 is 33.3. The topological polar surface area (TPSA) is 68.3 Å². The quantitative estimate of drug-likeness (QED) is 0.715. The van der Waals surface area contributed by atoms with E-state index in [9.17, 15) is 8.42 Å². The number of para-hydroxylation sites is 1. The van der Waals surface area contributed by atoms with Gasteiger partial charge in [0.1, 0.15) is 5.75 Å². The van der Waals surface area contributed by atoms with Crippen LogP contribution in [0.2, 0.25) is 5.02 Å². The van der Waals surface area contributed by atoms with E-state index in [2.05, 4.69) is 9.71 Å². The summed E-state index contributed by atoms with van der Waals surface area (Å²) >= 11 is 6.11. The van der Waals surface area contributed by atoms with Crippen molar-refractivity contribution in [1.82, 2.24) is 9.71 Å². The van der Waals surface area contributed by atoms with Crippen molar-refractivity contribution in [3.63, 3.8) is 0 Å². The fourth-order valence-electron chi connectivity index (χ4n) is 2.65. The molecule has 3 aromatic rings. The zero-order valence-corrected chi connectivity index (χ0v) is 15.1. The van der Waals surface area contributed by atoms with E-state index in [-0.39, 0.29) is 11.4 Å². The molecule has 1 heterocycles. The second-order valence-electron chi connectivity index (χ2n) is 5.40. The maximum atomic E-state index is 12.7. The molecular weight excluding hydrogens is 360 g/mol. The first-order valence-corrected chi connectivity index (χ1v) is 9.54. The van der Waals surface area contributed by atoms with Crippen LogP contribution in [-0.4, -0.2) is 27.1 Å². The van der Waals surface area contributed by atoms with Gasteiger partial charge in [-0.1, -0.05) is 29.8 Å². The number of benzene rings is 2. The van der Waals surface area contributed by atoms with E-state index >= 15 is 0 Å². The monoisotopic (exact) mass is 376 g/mol. The number of hydrogen-bond donors (Lipinski definition) is 1. The van der Waals surface area contributed by atoms with Gasteiger partial charge in [-0.2, -0.15) is 0 Å². The minimum Gasteiger partial charge on any atom is -0.496 e. The maximum absolute atomic E-state index is 12.7. The van der Waals surface area contributed by atoms with Gasteiger partial charge in [0.2, 0.25) is 10.0 Å². The number of hydrogen-bond acceptors (Lipinski definition) is 4. The van der Waals surface area contributed by atoms with E-state index < -0.39 is 10.0 Å². The van der Waals surface area contributed by atoms with Gasteiger partial charge >= 0.3 is 0 Å². The third-order valence-electron chi connectivity index (χ3n) is 3.85. The summed E-state index contributed by atoms with van der Waals surface area (Å²) in [5.74, 6) is 0.739. The minimum absolute atomic E-state index is 0.167. The van der Waals surface area contributed by atoms with Crippen LogP contribution in [0.25, 0.3) is 10.9 Å². The van der Waals surface area contributed by atoms with E-state index in [4.69, 9.17) is 16.3 Å². The van der Waals surface area contributed by atoms with E-state index in [1.165, 1.54) is 6.07 Å². The lowest BCUT2D eigenvalue weighted by Crippen LogP contribution is -2.26. The molecule has 130 valence electrons. The van der Waals surface area contributed by atoms with Crippen LogP contribution in [0.3, 0.4) is 0 Å². The predicted octanol–water partition coefficient (Wildman–Crippen LogP) is 3.42. The van der Waals surface area contributed by atoms with Crippen molar-refractivity contribution in [3.8, 4) is 5.75 Å². The van der Waals surface area contributed by atoms with Gasteiger partial charge < -0.3 is 4.74 Å². The van der Waals surface area contributed by atoms with Gasteiger partial charge in [0.15, 0.2) is 0 Å². The highest BCUT2D eigenvalue weighted by Gasteiger charge is 2.18.